The molecule has 1 amide bonds. The fourth-order valence-electron chi connectivity index (χ4n) is 3.35. The second-order valence-corrected chi connectivity index (χ2v) is 9.81. The Kier molecular flexibility index (Phi) is 7.74. The van der Waals surface area contributed by atoms with Crippen molar-refractivity contribution in [3.8, 4) is 5.75 Å². The summed E-state index contributed by atoms with van der Waals surface area (Å²) in [5.74, 6) is -0.675. The van der Waals surface area contributed by atoms with Gasteiger partial charge in [0.15, 0.2) is 0 Å². The van der Waals surface area contributed by atoms with Gasteiger partial charge in [-0.3, -0.25) is 9.10 Å². The van der Waals surface area contributed by atoms with E-state index >= 15 is 0 Å². The summed E-state index contributed by atoms with van der Waals surface area (Å²) in [5.41, 5.74) is 1.09. The lowest BCUT2D eigenvalue weighted by Crippen LogP contribution is -2.41. The Labute approximate surface area is 202 Å². The summed E-state index contributed by atoms with van der Waals surface area (Å²) < 4.78 is 73.2. The number of aryl methyl sites for hydroxylation is 2. The van der Waals surface area contributed by atoms with Crippen LogP contribution >= 0.6 is 0 Å². The first-order valence-corrected chi connectivity index (χ1v) is 12.0. The van der Waals surface area contributed by atoms with Crippen molar-refractivity contribution >= 4 is 21.6 Å². The van der Waals surface area contributed by atoms with E-state index in [2.05, 4.69) is 5.32 Å². The van der Waals surface area contributed by atoms with Crippen LogP contribution in [0.1, 0.15) is 22.3 Å². The third kappa shape index (κ3) is 6.33. The van der Waals surface area contributed by atoms with Crippen LogP contribution in [0.2, 0.25) is 0 Å². The number of anilines is 1. The minimum absolute atomic E-state index is 0.00707. The van der Waals surface area contributed by atoms with Crippen molar-refractivity contribution in [2.24, 2.45) is 0 Å². The summed E-state index contributed by atoms with van der Waals surface area (Å²) in [7, 11) is -3.20. The molecule has 0 saturated carbocycles. The van der Waals surface area contributed by atoms with Crippen LogP contribution < -0.4 is 14.4 Å². The molecule has 10 heteroatoms. The van der Waals surface area contributed by atoms with Gasteiger partial charge in [-0.1, -0.05) is 42.0 Å². The van der Waals surface area contributed by atoms with E-state index < -0.39 is 34.2 Å². The highest BCUT2D eigenvalue weighted by molar-refractivity contribution is 7.93. The van der Waals surface area contributed by atoms with E-state index in [1.807, 2.05) is 31.2 Å². The van der Waals surface area contributed by atoms with Crippen LogP contribution in [0.3, 0.4) is 0 Å². The van der Waals surface area contributed by atoms with Gasteiger partial charge in [0.05, 0.1) is 18.4 Å². The number of nitrogens with zero attached hydrogens (tertiary/aromatic N) is 1. The number of hydrogen-bond donors (Lipinski definition) is 1. The van der Waals surface area contributed by atoms with Crippen LogP contribution in [0.15, 0.2) is 71.6 Å². The van der Waals surface area contributed by atoms with E-state index in [1.54, 1.807) is 13.0 Å². The van der Waals surface area contributed by atoms with Crippen molar-refractivity contribution in [2.45, 2.75) is 31.5 Å². The molecular formula is C25H25F3N2O4S. The third-order valence-electron chi connectivity index (χ3n) is 5.25. The predicted molar refractivity (Wildman–Crippen MR) is 127 cm³/mol. The summed E-state index contributed by atoms with van der Waals surface area (Å²) in [6, 6.07) is 15.6. The highest BCUT2D eigenvalue weighted by atomic mass is 32.2. The number of sulfonamides is 1. The fourth-order valence-corrected chi connectivity index (χ4v) is 5.01. The Balaban J connectivity index is 2.00. The largest absolute Gasteiger partial charge is 0.495 e. The zero-order chi connectivity index (χ0) is 25.8. The van der Waals surface area contributed by atoms with Gasteiger partial charge in [-0.15, -0.1) is 0 Å². The van der Waals surface area contributed by atoms with Crippen molar-refractivity contribution in [2.75, 3.05) is 18.0 Å². The van der Waals surface area contributed by atoms with E-state index in [9.17, 15) is 26.4 Å². The Hall–Kier alpha value is -3.53. The van der Waals surface area contributed by atoms with Crippen LogP contribution in [0, 0.1) is 13.8 Å². The van der Waals surface area contributed by atoms with E-state index in [-0.39, 0.29) is 22.9 Å². The van der Waals surface area contributed by atoms with Gasteiger partial charge >= 0.3 is 6.18 Å². The number of carbonyl (C=O) groups is 1. The topological polar surface area (TPSA) is 75.7 Å². The zero-order valence-corrected chi connectivity index (χ0v) is 20.2. The van der Waals surface area contributed by atoms with E-state index in [0.29, 0.717) is 15.9 Å². The molecule has 0 aromatic heterocycles. The van der Waals surface area contributed by atoms with E-state index in [1.165, 1.54) is 25.3 Å². The molecule has 0 atom stereocenters. The number of halogens is 3. The smallest absolute Gasteiger partial charge is 0.416 e. The van der Waals surface area contributed by atoms with Gasteiger partial charge in [-0.2, -0.15) is 13.2 Å². The molecule has 0 heterocycles. The molecule has 1 N–H and O–H groups in total. The second kappa shape index (κ2) is 10.4. The highest BCUT2D eigenvalue weighted by Gasteiger charge is 2.34. The third-order valence-corrected chi connectivity index (χ3v) is 7.04. The molecule has 35 heavy (non-hydrogen) atoms. The lowest BCUT2D eigenvalue weighted by atomic mass is 10.1. The average Bonchev–Trinajstić information content (AvgIpc) is 2.81. The summed E-state index contributed by atoms with van der Waals surface area (Å²) in [4.78, 5) is 12.5. The van der Waals surface area contributed by atoms with Gasteiger partial charge in [-0.05, 0) is 55.3 Å². The summed E-state index contributed by atoms with van der Waals surface area (Å²) >= 11 is 0. The molecule has 6 nitrogen and oxygen atoms in total. The number of rotatable bonds is 8. The molecule has 0 bridgehead atoms. The van der Waals surface area contributed by atoms with Crippen LogP contribution in [0.5, 0.6) is 5.75 Å². The molecule has 0 spiro atoms. The van der Waals surface area contributed by atoms with Crippen molar-refractivity contribution < 1.29 is 31.1 Å². The number of methoxy groups -OCH3 is 1. The minimum Gasteiger partial charge on any atom is -0.495 e. The molecule has 0 aliphatic rings. The summed E-state index contributed by atoms with van der Waals surface area (Å²) in [6.07, 6.45) is -4.69. The molecule has 186 valence electrons. The van der Waals surface area contributed by atoms with Crippen LogP contribution in [-0.2, 0) is 27.5 Å². The summed E-state index contributed by atoms with van der Waals surface area (Å²) in [5, 5.41) is 2.63. The number of ether oxygens (including phenoxy) is 1. The monoisotopic (exact) mass is 506 g/mol. The van der Waals surface area contributed by atoms with Gasteiger partial charge in [0, 0.05) is 6.54 Å². The number of alkyl halides is 3. The minimum atomic E-state index is -4.69. The first kappa shape index (κ1) is 26.1. The zero-order valence-electron chi connectivity index (χ0n) is 19.4. The van der Waals surface area contributed by atoms with E-state index in [0.717, 1.165) is 23.3 Å². The van der Waals surface area contributed by atoms with Crippen molar-refractivity contribution in [3.05, 3.63) is 89.0 Å². The lowest BCUT2D eigenvalue weighted by Gasteiger charge is -2.26. The van der Waals surface area contributed by atoms with Gasteiger partial charge < -0.3 is 10.1 Å². The number of hydrogen-bond acceptors (Lipinski definition) is 4. The molecule has 3 rings (SSSR count). The number of amides is 1. The van der Waals surface area contributed by atoms with Crippen molar-refractivity contribution in [1.82, 2.24) is 5.32 Å². The molecule has 0 unspecified atom stereocenters. The normalized spacial score (nSPS) is 11.7. The van der Waals surface area contributed by atoms with Gasteiger partial charge in [0.25, 0.3) is 10.0 Å². The highest BCUT2D eigenvalue weighted by Crippen LogP contribution is 2.35. The molecule has 0 saturated heterocycles. The molecule has 3 aromatic rings. The molecular weight excluding hydrogens is 481 g/mol. The number of benzene rings is 3. The molecule has 0 fully saturated rings. The Morgan fingerprint density at radius 2 is 1.63 bits per heavy atom. The Morgan fingerprint density at radius 3 is 2.26 bits per heavy atom. The molecule has 0 aliphatic heterocycles. The standard InChI is InChI=1S/C25H25F3N2O4S/c1-17-7-10-19(11-8-17)15-29-24(31)16-30(21-6-4-5-20(14-21)25(26,27)28)35(32,33)23-13-18(2)9-12-22(23)34-3/h4-14H,15-16H2,1-3H3,(H,29,31). The maximum atomic E-state index is 13.7. The van der Waals surface area contributed by atoms with Crippen LogP contribution in [0.25, 0.3) is 0 Å². The van der Waals surface area contributed by atoms with Crippen molar-refractivity contribution in [3.63, 3.8) is 0 Å². The fraction of sp³-hybridized carbons (Fsp3) is 0.240. The molecule has 0 aliphatic carbocycles. The van der Waals surface area contributed by atoms with Crippen LogP contribution in [0.4, 0.5) is 18.9 Å². The molecule has 3 aromatic carbocycles. The second-order valence-electron chi connectivity index (χ2n) is 7.98. The van der Waals surface area contributed by atoms with Gasteiger partial charge in [0.1, 0.15) is 17.2 Å². The SMILES string of the molecule is COc1ccc(C)cc1S(=O)(=O)N(CC(=O)NCc1ccc(C)cc1)c1cccc(C(F)(F)F)c1. The quantitative estimate of drug-likeness (QED) is 0.474. The van der Waals surface area contributed by atoms with Gasteiger partial charge in [-0.25, -0.2) is 8.42 Å². The van der Waals surface area contributed by atoms with Crippen LogP contribution in [-0.4, -0.2) is 28.0 Å². The average molecular weight is 507 g/mol. The Bertz CT molecular complexity index is 1310. The van der Waals surface area contributed by atoms with Crippen molar-refractivity contribution in [1.29, 1.82) is 0 Å². The maximum absolute atomic E-state index is 13.7. The van der Waals surface area contributed by atoms with E-state index in [4.69, 9.17) is 4.74 Å². The number of nitrogens with one attached hydrogen (secondary N) is 1. The lowest BCUT2D eigenvalue weighted by molar-refractivity contribution is -0.137. The summed E-state index contributed by atoms with van der Waals surface area (Å²) in [6.45, 7) is 2.98. The first-order valence-electron chi connectivity index (χ1n) is 10.6. The molecule has 0 radical (unpaired) electrons. The predicted octanol–water partition coefficient (Wildman–Crippen LogP) is 4.84. The Morgan fingerprint density at radius 1 is 0.971 bits per heavy atom. The first-order chi connectivity index (χ1) is 16.4. The number of carbonyl (C=O) groups excluding carboxylic acids is 1. The maximum Gasteiger partial charge on any atom is 0.416 e. The van der Waals surface area contributed by atoms with Gasteiger partial charge in [0.2, 0.25) is 5.91 Å².